The van der Waals surface area contributed by atoms with Crippen molar-refractivity contribution in [2.24, 2.45) is 0 Å². The molecule has 0 radical (unpaired) electrons. The van der Waals surface area contributed by atoms with Gasteiger partial charge in [0.25, 0.3) is 0 Å². The lowest BCUT2D eigenvalue weighted by atomic mass is 9.63. The first-order valence-electron chi connectivity index (χ1n) is 14.6. The molecule has 2 aliphatic carbocycles. The number of fused-ring (bicyclic) bond motifs is 4. The van der Waals surface area contributed by atoms with Crippen molar-refractivity contribution < 1.29 is 9.31 Å². The van der Waals surface area contributed by atoms with Crippen molar-refractivity contribution in [1.82, 2.24) is 0 Å². The van der Waals surface area contributed by atoms with Gasteiger partial charge in [-0.25, -0.2) is 0 Å². The number of benzene rings is 3. The molecule has 0 unspecified atom stereocenters. The highest BCUT2D eigenvalue weighted by Gasteiger charge is 2.53. The topological polar surface area (TPSA) is 30.5 Å². The van der Waals surface area contributed by atoms with E-state index in [0.717, 1.165) is 16.8 Å². The highest BCUT2D eigenvalue weighted by molar-refractivity contribution is 6.64. The van der Waals surface area contributed by atoms with Crippen LogP contribution in [-0.4, -0.2) is 18.3 Å². The Labute approximate surface area is 235 Å². The van der Waals surface area contributed by atoms with Crippen LogP contribution in [0.25, 0.3) is 11.1 Å². The summed E-state index contributed by atoms with van der Waals surface area (Å²) in [6, 6.07) is 20.5. The standard InChI is InChI=1S/C35H44BNO2/c1-31(2)17-18-32(3,4)28-19-22(15-16-26(28)31)37-30-21-27-24(23-13-11-12-14-25(23)33(27,5)6)20-29(30)36-38-34(7,8)35(9,10)39-36/h11-16,19-21,37H,17-18H2,1-10H3. The van der Waals surface area contributed by atoms with Crippen molar-refractivity contribution >= 4 is 24.0 Å². The molecule has 0 spiro atoms. The Morgan fingerprint density at radius 1 is 0.615 bits per heavy atom. The van der Waals surface area contributed by atoms with E-state index >= 15 is 0 Å². The minimum atomic E-state index is -0.452. The quantitative estimate of drug-likeness (QED) is 0.351. The van der Waals surface area contributed by atoms with Gasteiger partial charge < -0.3 is 14.6 Å². The van der Waals surface area contributed by atoms with Crippen molar-refractivity contribution in [3.05, 3.63) is 76.9 Å². The molecule has 1 N–H and O–H groups in total. The average Bonchev–Trinajstić information content (AvgIpc) is 3.21. The molecule has 6 rings (SSSR count). The number of hydrogen-bond donors (Lipinski definition) is 1. The third-order valence-electron chi connectivity index (χ3n) is 10.4. The second-order valence-corrected chi connectivity index (χ2v) is 14.9. The Morgan fingerprint density at radius 2 is 1.23 bits per heavy atom. The monoisotopic (exact) mass is 521 g/mol. The molecule has 3 aromatic carbocycles. The van der Waals surface area contributed by atoms with Gasteiger partial charge in [-0.3, -0.25) is 0 Å². The van der Waals surface area contributed by atoms with E-state index in [4.69, 9.17) is 9.31 Å². The van der Waals surface area contributed by atoms with E-state index < -0.39 is 18.3 Å². The minimum absolute atomic E-state index is 0.0846. The van der Waals surface area contributed by atoms with Crippen molar-refractivity contribution in [3.8, 4) is 11.1 Å². The highest BCUT2D eigenvalue weighted by atomic mass is 16.7. The maximum Gasteiger partial charge on any atom is 0.497 e. The van der Waals surface area contributed by atoms with E-state index in [1.54, 1.807) is 0 Å². The van der Waals surface area contributed by atoms with Crippen LogP contribution in [0, 0.1) is 0 Å². The van der Waals surface area contributed by atoms with Crippen LogP contribution in [0.3, 0.4) is 0 Å². The second kappa shape index (κ2) is 8.24. The van der Waals surface area contributed by atoms with Crippen LogP contribution in [0.5, 0.6) is 0 Å². The lowest BCUT2D eigenvalue weighted by molar-refractivity contribution is 0.00578. The fourth-order valence-corrected chi connectivity index (χ4v) is 6.86. The normalized spacial score (nSPS) is 22.7. The van der Waals surface area contributed by atoms with Gasteiger partial charge in [-0.15, -0.1) is 0 Å². The Morgan fingerprint density at radius 3 is 1.90 bits per heavy atom. The van der Waals surface area contributed by atoms with Crippen LogP contribution < -0.4 is 10.8 Å². The van der Waals surface area contributed by atoms with Gasteiger partial charge in [0.1, 0.15) is 0 Å². The summed E-state index contributed by atoms with van der Waals surface area (Å²) in [7, 11) is -0.452. The fraction of sp³-hybridized carbons (Fsp3) is 0.486. The molecule has 0 saturated carbocycles. The Bertz CT molecular complexity index is 1460. The van der Waals surface area contributed by atoms with E-state index in [2.05, 4.69) is 129 Å². The van der Waals surface area contributed by atoms with E-state index in [0.29, 0.717) is 0 Å². The molecule has 3 aliphatic rings. The predicted molar refractivity (Wildman–Crippen MR) is 165 cm³/mol. The van der Waals surface area contributed by atoms with Crippen LogP contribution in [0.4, 0.5) is 11.4 Å². The summed E-state index contributed by atoms with van der Waals surface area (Å²) in [6.45, 7) is 22.7. The Hall–Kier alpha value is -2.56. The van der Waals surface area contributed by atoms with Gasteiger partial charge in [-0.2, -0.15) is 0 Å². The van der Waals surface area contributed by atoms with Crippen LogP contribution in [0.15, 0.2) is 54.6 Å². The summed E-state index contributed by atoms with van der Waals surface area (Å²) in [4.78, 5) is 0. The minimum Gasteiger partial charge on any atom is -0.399 e. The summed E-state index contributed by atoms with van der Waals surface area (Å²) in [5, 5.41) is 3.85. The maximum atomic E-state index is 6.62. The van der Waals surface area contributed by atoms with Crippen LogP contribution in [0.2, 0.25) is 0 Å². The molecule has 0 amide bonds. The summed E-state index contributed by atoms with van der Waals surface area (Å²) >= 11 is 0. The lowest BCUT2D eigenvalue weighted by Gasteiger charge is -2.42. The van der Waals surface area contributed by atoms with Gasteiger partial charge >= 0.3 is 7.12 Å². The average molecular weight is 522 g/mol. The van der Waals surface area contributed by atoms with E-state index in [-0.39, 0.29) is 16.2 Å². The molecule has 0 bridgehead atoms. The molecular formula is C35H44BNO2. The van der Waals surface area contributed by atoms with Crippen LogP contribution in [0.1, 0.15) is 104 Å². The first-order chi connectivity index (χ1) is 18.0. The summed E-state index contributed by atoms with van der Waals surface area (Å²) in [5.41, 5.74) is 10.9. The first-order valence-corrected chi connectivity index (χ1v) is 14.6. The van der Waals surface area contributed by atoms with Crippen molar-refractivity contribution in [2.75, 3.05) is 5.32 Å². The van der Waals surface area contributed by atoms with Crippen molar-refractivity contribution in [1.29, 1.82) is 0 Å². The summed E-state index contributed by atoms with van der Waals surface area (Å²) in [5.74, 6) is 0. The van der Waals surface area contributed by atoms with Crippen LogP contribution >= 0.6 is 0 Å². The van der Waals surface area contributed by atoms with Gasteiger partial charge in [0.15, 0.2) is 0 Å². The molecule has 39 heavy (non-hydrogen) atoms. The zero-order valence-electron chi connectivity index (χ0n) is 25.5. The number of hydrogen-bond acceptors (Lipinski definition) is 3. The molecule has 1 fully saturated rings. The predicted octanol–water partition coefficient (Wildman–Crippen LogP) is 8.38. The summed E-state index contributed by atoms with van der Waals surface area (Å²) < 4.78 is 13.2. The third-order valence-corrected chi connectivity index (χ3v) is 10.4. The zero-order valence-corrected chi connectivity index (χ0v) is 25.5. The lowest BCUT2D eigenvalue weighted by Crippen LogP contribution is -2.41. The molecule has 1 saturated heterocycles. The smallest absolute Gasteiger partial charge is 0.399 e. The van der Waals surface area contributed by atoms with E-state index in [9.17, 15) is 0 Å². The second-order valence-electron chi connectivity index (χ2n) is 14.9. The van der Waals surface area contributed by atoms with Gasteiger partial charge in [0, 0.05) is 22.3 Å². The summed E-state index contributed by atoms with van der Waals surface area (Å²) in [6.07, 6.45) is 2.41. The van der Waals surface area contributed by atoms with Crippen molar-refractivity contribution in [3.63, 3.8) is 0 Å². The highest BCUT2D eigenvalue weighted by Crippen LogP contribution is 2.50. The Balaban J connectivity index is 1.50. The molecule has 3 nitrogen and oxygen atoms in total. The van der Waals surface area contributed by atoms with Gasteiger partial charge in [0.05, 0.1) is 11.2 Å². The fourth-order valence-electron chi connectivity index (χ4n) is 6.86. The first kappa shape index (κ1) is 26.7. The molecule has 0 atom stereocenters. The van der Waals surface area contributed by atoms with Gasteiger partial charge in [-0.1, -0.05) is 77.9 Å². The number of nitrogens with one attached hydrogen (secondary N) is 1. The maximum absolute atomic E-state index is 6.62. The molecule has 0 aromatic heterocycles. The van der Waals surface area contributed by atoms with Crippen molar-refractivity contribution in [2.45, 2.75) is 110 Å². The van der Waals surface area contributed by atoms with Gasteiger partial charge in [-0.05, 0) is 103 Å². The SMILES string of the molecule is CC1(C)CCC(C)(C)c2cc(Nc3cc4c(cc3B3OC(C)(C)C(C)(C)O3)-c3ccccc3C4(C)C)ccc21. The number of rotatable bonds is 3. The zero-order chi connectivity index (χ0) is 28.2. The molecule has 1 heterocycles. The van der Waals surface area contributed by atoms with E-state index in [1.807, 2.05) is 0 Å². The Kier molecular flexibility index (Phi) is 5.63. The van der Waals surface area contributed by atoms with Crippen LogP contribution in [-0.2, 0) is 25.6 Å². The van der Waals surface area contributed by atoms with E-state index in [1.165, 1.54) is 46.2 Å². The molecular weight excluding hydrogens is 477 g/mol. The third kappa shape index (κ3) is 4.01. The molecule has 4 heteroatoms. The number of anilines is 2. The molecule has 3 aromatic rings. The molecule has 204 valence electrons. The largest absolute Gasteiger partial charge is 0.497 e. The van der Waals surface area contributed by atoms with Gasteiger partial charge in [0.2, 0.25) is 0 Å². The molecule has 1 aliphatic heterocycles.